The van der Waals surface area contributed by atoms with Crippen molar-refractivity contribution in [2.45, 2.75) is 99.6 Å². The van der Waals surface area contributed by atoms with Gasteiger partial charge >= 0.3 is 5.97 Å². The lowest BCUT2D eigenvalue weighted by atomic mass is 9.92. The summed E-state index contributed by atoms with van der Waals surface area (Å²) in [6, 6.07) is 10.5. The number of hydrogen-bond acceptors (Lipinski definition) is 9. The van der Waals surface area contributed by atoms with E-state index in [0.717, 1.165) is 6.42 Å². The Morgan fingerprint density at radius 2 is 1.21 bits per heavy atom. The van der Waals surface area contributed by atoms with Crippen LogP contribution in [-0.4, -0.2) is 69.8 Å². The topological polar surface area (TPSA) is 135 Å². The molecule has 0 saturated heterocycles. The third kappa shape index (κ3) is 9.37. The molecule has 0 saturated carbocycles. The van der Waals surface area contributed by atoms with Gasteiger partial charge in [-0.15, -0.1) is 0 Å². The Bertz CT molecular complexity index is 2070. The van der Waals surface area contributed by atoms with Crippen molar-refractivity contribution in [3.63, 3.8) is 0 Å². The zero-order valence-electron chi connectivity index (χ0n) is 32.9. The number of esters is 1. The number of rotatable bonds is 13. The van der Waals surface area contributed by atoms with Gasteiger partial charge in [0.25, 0.3) is 11.1 Å². The van der Waals surface area contributed by atoms with Gasteiger partial charge < -0.3 is 19.1 Å². The summed E-state index contributed by atoms with van der Waals surface area (Å²) >= 11 is 0. The number of hydrogen-bond donors (Lipinski definition) is 0. The lowest BCUT2D eigenvalue weighted by Gasteiger charge is -2.33. The van der Waals surface area contributed by atoms with Crippen molar-refractivity contribution in [2.75, 3.05) is 33.9 Å². The average molecular weight is 718 g/mol. The molecule has 0 unspecified atom stereocenters. The third-order valence-electron chi connectivity index (χ3n) is 8.88. The molecule has 12 heteroatoms. The van der Waals surface area contributed by atoms with Crippen LogP contribution in [0.3, 0.4) is 0 Å². The maximum absolute atomic E-state index is 14.2. The largest absolute Gasteiger partial charge is 0.497 e. The first-order valence-corrected chi connectivity index (χ1v) is 17.8. The van der Waals surface area contributed by atoms with Crippen LogP contribution in [0.15, 0.2) is 46.0 Å². The number of methoxy groups -OCH3 is 2. The summed E-state index contributed by atoms with van der Waals surface area (Å²) in [4.78, 5) is 66.2. The molecule has 0 aliphatic carbocycles. The fourth-order valence-electron chi connectivity index (χ4n) is 5.94. The van der Waals surface area contributed by atoms with Crippen LogP contribution in [0.5, 0.6) is 11.5 Å². The summed E-state index contributed by atoms with van der Waals surface area (Å²) in [5, 5.41) is 0. The molecular weight excluding hydrogens is 662 g/mol. The standard InChI is InChI=1S/C40H55N5O7/c1-25(2)17-18-43(32(46)21-44-30-19-26(50-11)13-15-28(30)41-34(36(44)48)38(3,4)5)23-40(9,10)24-52-33(47)22-45-31-20-27(51-12)14-16-29(31)42-35(37(45)49)39(6,7)8/h13-16,19-20,25H,17-18,21-24H2,1-12H3. The Balaban J connectivity index is 1.60. The number of nitrogens with zero attached hydrogens (tertiary/aromatic N) is 5. The van der Waals surface area contributed by atoms with Crippen molar-refractivity contribution in [3.05, 3.63) is 68.5 Å². The molecule has 0 atom stereocenters. The van der Waals surface area contributed by atoms with Crippen LogP contribution in [0.25, 0.3) is 22.1 Å². The minimum atomic E-state index is -0.668. The Labute approximate surface area is 306 Å². The molecule has 0 radical (unpaired) electrons. The van der Waals surface area contributed by atoms with Crippen LogP contribution in [0, 0.1) is 11.3 Å². The van der Waals surface area contributed by atoms with Gasteiger partial charge in [-0.05, 0) is 36.6 Å². The van der Waals surface area contributed by atoms with Crippen molar-refractivity contribution >= 4 is 33.9 Å². The number of fused-ring (bicyclic) bond motifs is 2. The summed E-state index contributed by atoms with van der Waals surface area (Å²) in [6.07, 6.45) is 0.742. The van der Waals surface area contributed by atoms with Gasteiger partial charge in [0.05, 0.1) is 42.9 Å². The van der Waals surface area contributed by atoms with Gasteiger partial charge in [0, 0.05) is 41.5 Å². The molecule has 2 aromatic heterocycles. The number of carbonyl (C=O) groups is 2. The van der Waals surface area contributed by atoms with Crippen molar-refractivity contribution in [1.82, 2.24) is 24.0 Å². The highest BCUT2D eigenvalue weighted by molar-refractivity contribution is 5.82. The first kappa shape index (κ1) is 40.0. The van der Waals surface area contributed by atoms with E-state index in [1.807, 2.05) is 55.4 Å². The Hall–Kier alpha value is -4.74. The van der Waals surface area contributed by atoms with Crippen molar-refractivity contribution < 1.29 is 23.8 Å². The highest BCUT2D eigenvalue weighted by Crippen LogP contribution is 2.26. The van der Waals surface area contributed by atoms with Crippen LogP contribution in [0.4, 0.5) is 0 Å². The minimum absolute atomic E-state index is 0.00594. The van der Waals surface area contributed by atoms with Gasteiger partial charge in [-0.2, -0.15) is 0 Å². The average Bonchev–Trinajstić information content (AvgIpc) is 3.06. The van der Waals surface area contributed by atoms with E-state index >= 15 is 0 Å². The van der Waals surface area contributed by atoms with Crippen LogP contribution < -0.4 is 20.6 Å². The molecule has 4 rings (SSSR count). The molecule has 1 amide bonds. The fourth-order valence-corrected chi connectivity index (χ4v) is 5.94. The Morgan fingerprint density at radius 1 is 0.750 bits per heavy atom. The quantitative estimate of drug-likeness (QED) is 0.156. The van der Waals surface area contributed by atoms with Crippen molar-refractivity contribution in [2.24, 2.45) is 11.3 Å². The molecule has 4 aromatic rings. The molecule has 0 spiro atoms. The fraction of sp³-hybridized carbons (Fsp3) is 0.550. The van der Waals surface area contributed by atoms with E-state index in [1.54, 1.807) is 48.4 Å². The lowest BCUT2D eigenvalue weighted by Crippen LogP contribution is -2.45. The summed E-state index contributed by atoms with van der Waals surface area (Å²) in [5.41, 5.74) is 0.356. The molecule has 0 aliphatic rings. The Kier molecular flexibility index (Phi) is 11.9. The second-order valence-corrected chi connectivity index (χ2v) is 16.7. The van der Waals surface area contributed by atoms with Crippen molar-refractivity contribution in [3.8, 4) is 11.5 Å². The Morgan fingerprint density at radius 3 is 1.63 bits per heavy atom. The van der Waals surface area contributed by atoms with E-state index in [1.165, 1.54) is 16.2 Å². The highest BCUT2D eigenvalue weighted by atomic mass is 16.5. The second-order valence-electron chi connectivity index (χ2n) is 16.7. The van der Waals surface area contributed by atoms with E-state index in [0.29, 0.717) is 57.4 Å². The van der Waals surface area contributed by atoms with Crippen LogP contribution in [0.1, 0.15) is 87.0 Å². The van der Waals surface area contributed by atoms with Gasteiger partial charge in [0.2, 0.25) is 5.91 Å². The first-order valence-electron chi connectivity index (χ1n) is 17.8. The normalized spacial score (nSPS) is 12.4. The zero-order chi connectivity index (χ0) is 38.8. The van der Waals surface area contributed by atoms with Crippen LogP contribution in [0.2, 0.25) is 0 Å². The summed E-state index contributed by atoms with van der Waals surface area (Å²) in [7, 11) is 3.08. The molecule has 0 fully saturated rings. The van der Waals surface area contributed by atoms with Gasteiger partial charge in [-0.1, -0.05) is 69.2 Å². The zero-order valence-corrected chi connectivity index (χ0v) is 32.9. The SMILES string of the molecule is COc1ccc2nc(C(C)(C)C)c(=O)n(CC(=O)OCC(C)(C)CN(CCC(C)C)C(=O)Cn3c(=O)c(C(C)(C)C)nc4ccc(OC)cc43)c2c1. The van der Waals surface area contributed by atoms with Gasteiger partial charge in [-0.3, -0.25) is 28.3 Å². The predicted octanol–water partition coefficient (Wildman–Crippen LogP) is 5.86. The number of benzene rings is 2. The van der Waals surface area contributed by atoms with Gasteiger partial charge in [0.1, 0.15) is 36.0 Å². The van der Waals surface area contributed by atoms with Gasteiger partial charge in [0.15, 0.2) is 0 Å². The smallest absolute Gasteiger partial charge is 0.326 e. The number of carbonyl (C=O) groups excluding carboxylic acids is 2. The van der Waals surface area contributed by atoms with Crippen LogP contribution >= 0.6 is 0 Å². The monoisotopic (exact) mass is 717 g/mol. The maximum atomic E-state index is 14.2. The minimum Gasteiger partial charge on any atom is -0.497 e. The molecule has 12 nitrogen and oxygen atoms in total. The van der Waals surface area contributed by atoms with E-state index in [4.69, 9.17) is 14.2 Å². The molecule has 52 heavy (non-hydrogen) atoms. The van der Waals surface area contributed by atoms with Crippen LogP contribution in [-0.2, 0) is 38.2 Å². The molecule has 0 bridgehead atoms. The molecule has 0 aliphatic heterocycles. The molecule has 2 heterocycles. The molecular formula is C40H55N5O7. The first-order chi connectivity index (χ1) is 24.1. The lowest BCUT2D eigenvalue weighted by molar-refractivity contribution is -0.148. The number of ether oxygens (including phenoxy) is 3. The van der Waals surface area contributed by atoms with E-state index < -0.39 is 22.2 Å². The van der Waals surface area contributed by atoms with Gasteiger partial charge in [-0.25, -0.2) is 9.97 Å². The number of aromatic nitrogens is 4. The van der Waals surface area contributed by atoms with Crippen molar-refractivity contribution in [1.29, 1.82) is 0 Å². The van der Waals surface area contributed by atoms with E-state index in [9.17, 15) is 19.2 Å². The maximum Gasteiger partial charge on any atom is 0.326 e. The van der Waals surface area contributed by atoms with E-state index in [2.05, 4.69) is 23.8 Å². The number of amides is 1. The third-order valence-corrected chi connectivity index (χ3v) is 8.88. The highest BCUT2D eigenvalue weighted by Gasteiger charge is 2.30. The second kappa shape index (κ2) is 15.5. The molecule has 2 aromatic carbocycles. The predicted molar refractivity (Wildman–Crippen MR) is 203 cm³/mol. The summed E-state index contributed by atoms with van der Waals surface area (Å²) in [6.45, 7) is 19.7. The molecule has 282 valence electrons. The molecule has 0 N–H and O–H groups in total. The summed E-state index contributed by atoms with van der Waals surface area (Å²) < 4.78 is 19.5. The van der Waals surface area contributed by atoms with E-state index in [-0.39, 0.29) is 43.3 Å². The summed E-state index contributed by atoms with van der Waals surface area (Å²) in [5.74, 6) is 0.568.